The van der Waals surface area contributed by atoms with Crippen molar-refractivity contribution in [2.75, 3.05) is 13.2 Å². The molecule has 2 heterocycles. The van der Waals surface area contributed by atoms with Gasteiger partial charge in [-0.15, -0.1) is 0 Å². The van der Waals surface area contributed by atoms with E-state index >= 15 is 0 Å². The number of thiazole rings is 1. The van der Waals surface area contributed by atoms with Crippen LogP contribution in [0.25, 0.3) is 6.08 Å². The van der Waals surface area contributed by atoms with Crippen molar-refractivity contribution >= 4 is 50.9 Å². The van der Waals surface area contributed by atoms with Crippen LogP contribution in [0.1, 0.15) is 36.6 Å². The predicted molar refractivity (Wildman–Crippen MR) is 146 cm³/mol. The molecule has 1 aliphatic heterocycles. The largest absolute Gasteiger partial charge is 0.487 e. The van der Waals surface area contributed by atoms with Crippen LogP contribution in [-0.2, 0) is 9.53 Å². The first-order valence-corrected chi connectivity index (χ1v) is 13.2. The Labute approximate surface area is 226 Å². The third kappa shape index (κ3) is 5.12. The maximum atomic E-state index is 13.7. The molecule has 0 spiro atoms. The van der Waals surface area contributed by atoms with Gasteiger partial charge in [0.1, 0.15) is 6.61 Å². The molecule has 0 fully saturated rings. The van der Waals surface area contributed by atoms with Gasteiger partial charge in [0.05, 0.1) is 37.9 Å². The Morgan fingerprint density at radius 1 is 1.28 bits per heavy atom. The number of rotatable bonds is 7. The number of halogens is 2. The minimum Gasteiger partial charge on any atom is -0.487 e. The van der Waals surface area contributed by atoms with Crippen LogP contribution in [0.3, 0.4) is 0 Å². The number of benzene rings is 2. The molecule has 186 valence electrons. The molecule has 0 N–H and O–H groups in total. The molecule has 0 bridgehead atoms. The number of fused-ring (bicyclic) bond motifs is 1. The van der Waals surface area contributed by atoms with E-state index in [9.17, 15) is 9.59 Å². The lowest BCUT2D eigenvalue weighted by Gasteiger charge is -2.24. The van der Waals surface area contributed by atoms with Gasteiger partial charge >= 0.3 is 5.97 Å². The fraction of sp³-hybridized carbons (Fsp3) is 0.222. The number of ether oxygens (including phenoxy) is 2. The number of aromatic nitrogens is 1. The van der Waals surface area contributed by atoms with Crippen molar-refractivity contribution in [3.05, 3.63) is 106 Å². The normalized spacial score (nSPS) is 15.4. The smallest absolute Gasteiger partial charge is 0.338 e. The Bertz CT molecular complexity index is 1530. The van der Waals surface area contributed by atoms with Crippen molar-refractivity contribution < 1.29 is 14.3 Å². The number of hydrogen-bond donors (Lipinski definition) is 0. The Kier molecular flexibility index (Phi) is 7.97. The van der Waals surface area contributed by atoms with Crippen molar-refractivity contribution in [2.24, 2.45) is 4.99 Å². The van der Waals surface area contributed by atoms with Crippen LogP contribution in [0.5, 0.6) is 5.75 Å². The van der Waals surface area contributed by atoms with Crippen molar-refractivity contribution in [3.63, 3.8) is 0 Å². The van der Waals surface area contributed by atoms with E-state index in [0.717, 1.165) is 16.7 Å². The molecule has 0 radical (unpaired) electrons. The first kappa shape index (κ1) is 26.1. The number of aryl methyl sites for hydroxylation is 1. The Hall–Kier alpha value is -2.94. The van der Waals surface area contributed by atoms with Gasteiger partial charge in [0.2, 0.25) is 0 Å². The molecular formula is C27H24BrClN2O4S. The maximum absolute atomic E-state index is 13.7. The molecular weight excluding hydrogens is 564 g/mol. The molecule has 6 nitrogen and oxygen atoms in total. The van der Waals surface area contributed by atoms with Crippen LogP contribution in [0.2, 0.25) is 5.02 Å². The van der Waals surface area contributed by atoms with Gasteiger partial charge in [0.25, 0.3) is 5.56 Å². The number of nitrogens with zero attached hydrogens (tertiary/aromatic N) is 2. The summed E-state index contributed by atoms with van der Waals surface area (Å²) in [6.07, 6.45) is 3.39. The van der Waals surface area contributed by atoms with Crippen LogP contribution in [0, 0.1) is 6.92 Å². The van der Waals surface area contributed by atoms with Gasteiger partial charge in [-0.25, -0.2) is 9.79 Å². The molecule has 2 aromatic carbocycles. The van der Waals surface area contributed by atoms with Gasteiger partial charge in [0, 0.05) is 0 Å². The molecule has 1 aromatic heterocycles. The molecule has 1 aliphatic rings. The summed E-state index contributed by atoms with van der Waals surface area (Å²) in [6.45, 7) is 9.69. The number of allylic oxidation sites excluding steroid dienone is 1. The second-order valence-electron chi connectivity index (χ2n) is 8.13. The fourth-order valence-electron chi connectivity index (χ4n) is 3.95. The molecule has 0 unspecified atom stereocenters. The van der Waals surface area contributed by atoms with Crippen LogP contribution in [0.4, 0.5) is 0 Å². The summed E-state index contributed by atoms with van der Waals surface area (Å²) in [5, 5.41) is 0.406. The third-order valence-electron chi connectivity index (χ3n) is 5.57. The van der Waals surface area contributed by atoms with E-state index in [-0.39, 0.29) is 12.2 Å². The summed E-state index contributed by atoms with van der Waals surface area (Å²) >= 11 is 11.2. The quantitative estimate of drug-likeness (QED) is 0.285. The van der Waals surface area contributed by atoms with Crippen LogP contribution in [0.15, 0.2) is 74.6 Å². The van der Waals surface area contributed by atoms with Gasteiger partial charge in [-0.2, -0.15) is 0 Å². The molecule has 9 heteroatoms. The number of hydrogen-bond acceptors (Lipinski definition) is 6. The Morgan fingerprint density at radius 2 is 2.00 bits per heavy atom. The first-order chi connectivity index (χ1) is 17.2. The summed E-state index contributed by atoms with van der Waals surface area (Å²) in [4.78, 5) is 31.8. The third-order valence-corrected chi connectivity index (χ3v) is 7.43. The number of carbonyl (C=O) groups is 1. The summed E-state index contributed by atoms with van der Waals surface area (Å²) < 4.78 is 13.6. The Balaban J connectivity index is 1.89. The van der Waals surface area contributed by atoms with E-state index in [1.165, 1.54) is 11.3 Å². The van der Waals surface area contributed by atoms with E-state index in [1.54, 1.807) is 36.6 Å². The summed E-state index contributed by atoms with van der Waals surface area (Å²) in [5.41, 5.74) is 3.23. The highest BCUT2D eigenvalue weighted by Crippen LogP contribution is 2.35. The minimum absolute atomic E-state index is 0.225. The lowest BCUT2D eigenvalue weighted by atomic mass is 9.95. The van der Waals surface area contributed by atoms with Gasteiger partial charge in [-0.3, -0.25) is 9.36 Å². The van der Waals surface area contributed by atoms with E-state index in [0.29, 0.717) is 42.5 Å². The summed E-state index contributed by atoms with van der Waals surface area (Å²) in [5.74, 6) is 0.0219. The van der Waals surface area contributed by atoms with Gasteiger partial charge in [0.15, 0.2) is 10.6 Å². The van der Waals surface area contributed by atoms with Gasteiger partial charge < -0.3 is 9.47 Å². The highest BCUT2D eigenvalue weighted by molar-refractivity contribution is 9.10. The molecule has 4 rings (SSSR count). The average Bonchev–Trinajstić information content (AvgIpc) is 3.12. The molecule has 0 saturated carbocycles. The Morgan fingerprint density at radius 3 is 2.64 bits per heavy atom. The highest BCUT2D eigenvalue weighted by Gasteiger charge is 2.33. The molecule has 3 aromatic rings. The van der Waals surface area contributed by atoms with Gasteiger partial charge in [-0.1, -0.05) is 65.4 Å². The van der Waals surface area contributed by atoms with Crippen molar-refractivity contribution in [3.8, 4) is 5.75 Å². The van der Waals surface area contributed by atoms with Crippen molar-refractivity contribution in [2.45, 2.75) is 26.8 Å². The molecule has 36 heavy (non-hydrogen) atoms. The summed E-state index contributed by atoms with van der Waals surface area (Å²) in [6, 6.07) is 10.7. The number of esters is 1. The van der Waals surface area contributed by atoms with Crippen LogP contribution >= 0.6 is 38.9 Å². The van der Waals surface area contributed by atoms with E-state index < -0.39 is 12.0 Å². The van der Waals surface area contributed by atoms with E-state index in [4.69, 9.17) is 21.1 Å². The molecule has 0 saturated heterocycles. The van der Waals surface area contributed by atoms with E-state index in [2.05, 4.69) is 27.5 Å². The lowest BCUT2D eigenvalue weighted by molar-refractivity contribution is -0.139. The van der Waals surface area contributed by atoms with E-state index in [1.807, 2.05) is 37.3 Å². The standard InChI is InChI=1S/C27H24BrClN2O4S/c1-5-11-35-24-19(28)12-17(13-20(24)29)14-21-25(32)31-23(18-9-7-15(3)8-10-18)22(26(33)34-6-2)16(4)30-27(31)36-21/h5,7-10,12-14,23H,1,6,11H2,2-4H3/b21-14+/t23-/m0/s1. The number of carbonyl (C=O) groups excluding carboxylic acids is 1. The zero-order valence-corrected chi connectivity index (χ0v) is 23.2. The molecule has 0 aliphatic carbocycles. The lowest BCUT2D eigenvalue weighted by Crippen LogP contribution is -2.39. The second-order valence-corrected chi connectivity index (χ2v) is 10.4. The zero-order chi connectivity index (χ0) is 26.0. The highest BCUT2D eigenvalue weighted by atomic mass is 79.9. The molecule has 0 amide bonds. The van der Waals surface area contributed by atoms with Gasteiger partial charge in [-0.05, 0) is 66.0 Å². The SMILES string of the molecule is C=CCOc1c(Cl)cc(/C=c2/sc3n(c2=O)[C@@H](c2ccc(C)cc2)C(C(=O)OCC)=C(C)N=3)cc1Br. The fourth-order valence-corrected chi connectivity index (χ4v) is 5.99. The van der Waals surface area contributed by atoms with Crippen molar-refractivity contribution in [1.29, 1.82) is 0 Å². The van der Waals surface area contributed by atoms with Crippen molar-refractivity contribution in [1.82, 2.24) is 4.57 Å². The zero-order valence-electron chi connectivity index (χ0n) is 20.0. The predicted octanol–water partition coefficient (Wildman–Crippen LogP) is 5.09. The van der Waals surface area contributed by atoms with Crippen LogP contribution < -0.4 is 19.6 Å². The topological polar surface area (TPSA) is 69.9 Å². The molecule has 1 atom stereocenters. The first-order valence-electron chi connectivity index (χ1n) is 11.2. The second kappa shape index (κ2) is 11.0. The average molecular weight is 588 g/mol. The maximum Gasteiger partial charge on any atom is 0.338 e. The minimum atomic E-state index is -0.645. The van der Waals surface area contributed by atoms with Crippen LogP contribution in [-0.4, -0.2) is 23.8 Å². The monoisotopic (exact) mass is 586 g/mol. The summed E-state index contributed by atoms with van der Waals surface area (Å²) in [7, 11) is 0.